The Kier molecular flexibility index (Phi) is 4.47. The summed E-state index contributed by atoms with van der Waals surface area (Å²) in [6.45, 7) is 9.67. The summed E-state index contributed by atoms with van der Waals surface area (Å²) in [5.74, 6) is 0.699. The lowest BCUT2D eigenvalue weighted by Gasteiger charge is -2.38. The van der Waals surface area contributed by atoms with Crippen molar-refractivity contribution in [3.63, 3.8) is 0 Å². The summed E-state index contributed by atoms with van der Waals surface area (Å²) >= 11 is 0. The van der Waals surface area contributed by atoms with Crippen LogP contribution in [0.25, 0.3) is 0 Å². The van der Waals surface area contributed by atoms with Gasteiger partial charge in [-0.1, -0.05) is 36.4 Å². The van der Waals surface area contributed by atoms with Gasteiger partial charge in [-0.2, -0.15) is 0 Å². The van der Waals surface area contributed by atoms with Crippen molar-refractivity contribution in [2.24, 2.45) is 0 Å². The Labute approximate surface area is 149 Å². The van der Waals surface area contributed by atoms with E-state index in [-0.39, 0.29) is 10.9 Å². The maximum atomic E-state index is 12.8. The molecule has 0 spiro atoms. The van der Waals surface area contributed by atoms with Crippen LogP contribution in [-0.4, -0.2) is 14.0 Å². The Bertz CT molecular complexity index is 903. The molecule has 0 bridgehead atoms. The van der Waals surface area contributed by atoms with Crippen molar-refractivity contribution in [2.75, 3.05) is 0 Å². The molecule has 0 saturated carbocycles. The lowest BCUT2D eigenvalue weighted by molar-refractivity contribution is 0.0987. The Hall–Kier alpha value is -2.11. The molecule has 0 unspecified atom stereocenters. The molecule has 0 aromatic heterocycles. The third-order valence-electron chi connectivity index (χ3n) is 4.56. The van der Waals surface area contributed by atoms with Crippen LogP contribution in [0.3, 0.4) is 0 Å². The smallest absolute Gasteiger partial charge is 0.241 e. The molecule has 0 fully saturated rings. The molecule has 2 aromatic carbocycles. The van der Waals surface area contributed by atoms with Crippen LogP contribution >= 0.6 is 0 Å². The fraction of sp³-hybridized carbons (Fsp3) is 0.300. The number of aryl methyl sites for hydroxylation is 2. The molecule has 2 aromatic rings. The maximum absolute atomic E-state index is 12.8. The second-order valence-electron chi connectivity index (χ2n) is 6.85. The van der Waals surface area contributed by atoms with Crippen LogP contribution in [0.15, 0.2) is 60.0 Å². The second kappa shape index (κ2) is 6.32. The van der Waals surface area contributed by atoms with E-state index in [1.807, 2.05) is 39.0 Å². The summed E-state index contributed by atoms with van der Waals surface area (Å²) in [5.41, 5.74) is 2.30. The third kappa shape index (κ3) is 3.62. The van der Waals surface area contributed by atoms with Gasteiger partial charge in [0.25, 0.3) is 0 Å². The third-order valence-corrected chi connectivity index (χ3v) is 6.05. The number of hydrogen-bond donors (Lipinski definition) is 1. The first-order chi connectivity index (χ1) is 11.7. The molecule has 1 aliphatic rings. The van der Waals surface area contributed by atoms with E-state index in [0.717, 1.165) is 16.7 Å². The molecule has 132 valence electrons. The van der Waals surface area contributed by atoms with Crippen molar-refractivity contribution in [3.05, 3.63) is 71.8 Å². The number of ether oxygens (including phenoxy) is 1. The second-order valence-corrected chi connectivity index (χ2v) is 8.57. The van der Waals surface area contributed by atoms with E-state index in [0.29, 0.717) is 12.2 Å². The summed E-state index contributed by atoms with van der Waals surface area (Å²) in [5, 5.41) is 0. The molecule has 1 heterocycles. The Morgan fingerprint density at radius 1 is 1.16 bits per heavy atom. The highest BCUT2D eigenvalue weighted by Crippen LogP contribution is 2.41. The minimum Gasteiger partial charge on any atom is -0.483 e. The van der Waals surface area contributed by atoms with Gasteiger partial charge in [-0.05, 0) is 50.6 Å². The lowest BCUT2D eigenvalue weighted by Crippen LogP contribution is -2.42. The van der Waals surface area contributed by atoms with Crippen LogP contribution in [-0.2, 0) is 10.0 Å². The zero-order valence-electron chi connectivity index (χ0n) is 14.7. The fourth-order valence-electron chi connectivity index (χ4n) is 3.03. The molecule has 0 saturated heterocycles. The van der Waals surface area contributed by atoms with Gasteiger partial charge in [0, 0.05) is 12.0 Å². The Morgan fingerprint density at radius 2 is 1.80 bits per heavy atom. The van der Waals surface area contributed by atoms with Gasteiger partial charge >= 0.3 is 0 Å². The standard InChI is InChI=1S/C20H23NO3S/c1-5-20(4)13-18(17-11-8-15(3)12-19(17)24-20)21-25(22,23)16-9-6-14(2)7-10-16/h5-12,18,21H,1,13H2,2-4H3/t18-,20+/m1/s1. The first kappa shape index (κ1) is 17.7. The molecule has 1 N–H and O–H groups in total. The average Bonchev–Trinajstić information content (AvgIpc) is 2.54. The number of rotatable bonds is 4. The first-order valence-corrected chi connectivity index (χ1v) is 9.73. The average molecular weight is 357 g/mol. The van der Waals surface area contributed by atoms with Crippen LogP contribution in [0.1, 0.15) is 36.1 Å². The van der Waals surface area contributed by atoms with E-state index in [1.165, 1.54) is 0 Å². The highest BCUT2D eigenvalue weighted by atomic mass is 32.2. The first-order valence-electron chi connectivity index (χ1n) is 8.25. The molecular formula is C20H23NO3S. The van der Waals surface area contributed by atoms with Crippen molar-refractivity contribution in [2.45, 2.75) is 43.7 Å². The van der Waals surface area contributed by atoms with Crippen LogP contribution in [0.4, 0.5) is 0 Å². The molecule has 0 aliphatic carbocycles. The molecule has 0 radical (unpaired) electrons. The zero-order chi connectivity index (χ0) is 18.2. The normalized spacial score (nSPS) is 22.8. The molecule has 2 atom stereocenters. The number of sulfonamides is 1. The van der Waals surface area contributed by atoms with Crippen LogP contribution < -0.4 is 9.46 Å². The molecule has 25 heavy (non-hydrogen) atoms. The van der Waals surface area contributed by atoms with Crippen LogP contribution in [0.2, 0.25) is 0 Å². The van der Waals surface area contributed by atoms with Crippen molar-refractivity contribution in [1.29, 1.82) is 0 Å². The molecule has 3 rings (SSSR count). The van der Waals surface area contributed by atoms with E-state index in [4.69, 9.17) is 4.74 Å². The fourth-order valence-corrected chi connectivity index (χ4v) is 4.24. The topological polar surface area (TPSA) is 55.4 Å². The van der Waals surface area contributed by atoms with Gasteiger partial charge in [-0.3, -0.25) is 0 Å². The SMILES string of the molecule is C=C[C@@]1(C)C[C@@H](NS(=O)(=O)c2ccc(C)cc2)c2ccc(C)cc2O1. The molecule has 1 aliphatic heterocycles. The zero-order valence-corrected chi connectivity index (χ0v) is 15.6. The number of fused-ring (bicyclic) bond motifs is 1. The van der Waals surface area contributed by atoms with Gasteiger partial charge in [-0.25, -0.2) is 13.1 Å². The summed E-state index contributed by atoms with van der Waals surface area (Å²) in [7, 11) is -3.63. The quantitative estimate of drug-likeness (QED) is 0.840. The van der Waals surface area contributed by atoms with Gasteiger partial charge < -0.3 is 4.74 Å². The number of benzene rings is 2. The number of nitrogens with one attached hydrogen (secondary N) is 1. The van der Waals surface area contributed by atoms with Gasteiger partial charge in [0.15, 0.2) is 0 Å². The maximum Gasteiger partial charge on any atom is 0.241 e. The summed E-state index contributed by atoms with van der Waals surface area (Å²) < 4.78 is 34.5. The van der Waals surface area contributed by atoms with Crippen LogP contribution in [0.5, 0.6) is 5.75 Å². The molecular weight excluding hydrogens is 334 g/mol. The van der Waals surface area contributed by atoms with E-state index >= 15 is 0 Å². The van der Waals surface area contributed by atoms with Crippen molar-refractivity contribution in [3.8, 4) is 5.75 Å². The Morgan fingerprint density at radius 3 is 2.44 bits per heavy atom. The van der Waals surface area contributed by atoms with Crippen molar-refractivity contribution < 1.29 is 13.2 Å². The van der Waals surface area contributed by atoms with Gasteiger partial charge in [0.05, 0.1) is 10.9 Å². The highest BCUT2D eigenvalue weighted by Gasteiger charge is 2.37. The van der Waals surface area contributed by atoms with Gasteiger partial charge in [-0.15, -0.1) is 0 Å². The van der Waals surface area contributed by atoms with Crippen molar-refractivity contribution >= 4 is 10.0 Å². The van der Waals surface area contributed by atoms with Gasteiger partial charge in [0.2, 0.25) is 10.0 Å². The number of hydrogen-bond acceptors (Lipinski definition) is 3. The van der Waals surface area contributed by atoms with Crippen LogP contribution in [0, 0.1) is 13.8 Å². The predicted octanol–water partition coefficient (Wildman–Crippen LogP) is 4.05. The summed E-state index contributed by atoms with van der Waals surface area (Å²) in [6.07, 6.45) is 2.21. The van der Waals surface area contributed by atoms with E-state index in [1.54, 1.807) is 30.3 Å². The molecule has 4 nitrogen and oxygen atoms in total. The highest BCUT2D eigenvalue weighted by molar-refractivity contribution is 7.89. The predicted molar refractivity (Wildman–Crippen MR) is 99.3 cm³/mol. The molecule has 0 amide bonds. The minimum absolute atomic E-state index is 0.263. The van der Waals surface area contributed by atoms with E-state index in [9.17, 15) is 8.42 Å². The lowest BCUT2D eigenvalue weighted by atomic mass is 9.88. The summed E-state index contributed by atoms with van der Waals surface area (Å²) in [6, 6.07) is 12.3. The monoisotopic (exact) mass is 357 g/mol. The van der Waals surface area contributed by atoms with E-state index in [2.05, 4.69) is 11.3 Å². The minimum atomic E-state index is -3.63. The van der Waals surface area contributed by atoms with E-state index < -0.39 is 15.6 Å². The van der Waals surface area contributed by atoms with Crippen molar-refractivity contribution in [1.82, 2.24) is 4.72 Å². The summed E-state index contributed by atoms with van der Waals surface area (Å²) in [4.78, 5) is 0.263. The Balaban J connectivity index is 1.98. The molecule has 5 heteroatoms. The largest absolute Gasteiger partial charge is 0.483 e. The van der Waals surface area contributed by atoms with Gasteiger partial charge in [0.1, 0.15) is 11.4 Å².